The van der Waals surface area contributed by atoms with Gasteiger partial charge in [-0.3, -0.25) is 4.79 Å². The van der Waals surface area contributed by atoms with Crippen LogP contribution in [0.1, 0.15) is 40.9 Å². The van der Waals surface area contributed by atoms with Gasteiger partial charge < -0.3 is 20.7 Å². The minimum Gasteiger partial charge on any atom is -0.480 e. The van der Waals surface area contributed by atoms with Crippen LogP contribution in [0, 0.1) is 0 Å². The third kappa shape index (κ3) is 3.73. The van der Waals surface area contributed by atoms with Crippen molar-refractivity contribution in [2.24, 2.45) is 5.73 Å². The normalized spacial score (nSPS) is 13.6. The van der Waals surface area contributed by atoms with E-state index in [0.29, 0.717) is 55.0 Å². The van der Waals surface area contributed by atoms with Crippen molar-refractivity contribution in [3.63, 3.8) is 0 Å². The van der Waals surface area contributed by atoms with Crippen LogP contribution in [0.3, 0.4) is 0 Å². The molecule has 0 saturated carbocycles. The molecule has 1 atom stereocenters. The van der Waals surface area contributed by atoms with Crippen LogP contribution in [0.4, 0.5) is 0 Å². The Morgan fingerprint density at radius 3 is 2.88 bits per heavy atom. The molecule has 1 amide bonds. The fourth-order valence-corrected chi connectivity index (χ4v) is 3.35. The van der Waals surface area contributed by atoms with Gasteiger partial charge in [-0.15, -0.1) is 0 Å². The zero-order chi connectivity index (χ0) is 18.7. The molecule has 1 aromatic heterocycles. The average Bonchev–Trinajstić information content (AvgIpc) is 3.04. The van der Waals surface area contributed by atoms with Crippen molar-refractivity contribution in [3.05, 3.63) is 40.0 Å². The molecule has 7 nitrogen and oxygen atoms in total. The van der Waals surface area contributed by atoms with Gasteiger partial charge in [0.25, 0.3) is 5.91 Å². The first-order chi connectivity index (χ1) is 12.5. The fourth-order valence-electron chi connectivity index (χ4n) is 3.16. The molecule has 8 heteroatoms. The lowest BCUT2D eigenvalue weighted by Crippen LogP contribution is -2.41. The summed E-state index contributed by atoms with van der Waals surface area (Å²) in [7, 11) is 0. The summed E-state index contributed by atoms with van der Waals surface area (Å²) in [6, 6.07) is 4.50. The minimum atomic E-state index is -1.08. The van der Waals surface area contributed by atoms with Crippen LogP contribution in [-0.2, 0) is 17.6 Å². The fraction of sp³-hybridized carbons (Fsp3) is 0.389. The van der Waals surface area contributed by atoms with E-state index in [2.05, 4.69) is 10.5 Å². The molecule has 0 saturated heterocycles. The number of benzene rings is 1. The first kappa shape index (κ1) is 18.4. The van der Waals surface area contributed by atoms with E-state index in [1.807, 2.05) is 12.1 Å². The molecule has 138 valence electrons. The number of aromatic nitrogens is 1. The van der Waals surface area contributed by atoms with Gasteiger partial charge in [-0.05, 0) is 62.4 Å². The number of nitrogens with two attached hydrogens (primary N) is 1. The SMILES string of the molecule is NCCCC[C@H](NC(=O)c1noc2c1CCc1cc(Cl)ccc1-2)C(=O)O. The number of carbonyl (C=O) groups excluding carboxylic acids is 1. The molecule has 0 unspecified atom stereocenters. The Hall–Kier alpha value is -2.38. The lowest BCUT2D eigenvalue weighted by atomic mass is 9.89. The van der Waals surface area contributed by atoms with Crippen molar-refractivity contribution >= 4 is 23.5 Å². The molecule has 0 bridgehead atoms. The van der Waals surface area contributed by atoms with Gasteiger partial charge in [0, 0.05) is 16.1 Å². The number of carbonyl (C=O) groups is 2. The smallest absolute Gasteiger partial charge is 0.326 e. The molecule has 0 fully saturated rings. The maximum absolute atomic E-state index is 12.5. The van der Waals surface area contributed by atoms with Gasteiger partial charge in [-0.2, -0.15) is 0 Å². The van der Waals surface area contributed by atoms with E-state index >= 15 is 0 Å². The molecule has 4 N–H and O–H groups in total. The van der Waals surface area contributed by atoms with Gasteiger partial charge in [0.1, 0.15) is 6.04 Å². The van der Waals surface area contributed by atoms with Gasteiger partial charge in [-0.25, -0.2) is 4.79 Å². The van der Waals surface area contributed by atoms with Crippen LogP contribution in [0.2, 0.25) is 5.02 Å². The minimum absolute atomic E-state index is 0.144. The third-order valence-corrected chi connectivity index (χ3v) is 4.74. The van der Waals surface area contributed by atoms with Crippen LogP contribution >= 0.6 is 11.6 Å². The van der Waals surface area contributed by atoms with E-state index in [9.17, 15) is 14.7 Å². The standard InChI is InChI=1S/C18H20ClN3O4/c19-11-5-7-12-10(9-11)4-6-13-15(22-26-16(12)13)17(23)21-14(18(24)25)3-1-2-8-20/h5,7,9,14H,1-4,6,8,20H2,(H,21,23)(H,24,25)/t14-/m0/s1. The summed E-state index contributed by atoms with van der Waals surface area (Å²) in [5.74, 6) is -1.07. The van der Waals surface area contributed by atoms with Crippen LogP contribution in [0.5, 0.6) is 0 Å². The molecule has 1 aliphatic carbocycles. The highest BCUT2D eigenvalue weighted by atomic mass is 35.5. The van der Waals surface area contributed by atoms with Crippen LogP contribution < -0.4 is 11.1 Å². The first-order valence-electron chi connectivity index (χ1n) is 8.52. The largest absolute Gasteiger partial charge is 0.480 e. The van der Waals surface area contributed by atoms with E-state index in [1.165, 1.54) is 0 Å². The number of hydrogen-bond acceptors (Lipinski definition) is 5. The Morgan fingerprint density at radius 2 is 2.15 bits per heavy atom. The first-order valence-corrected chi connectivity index (χ1v) is 8.90. The number of nitrogens with one attached hydrogen (secondary N) is 1. The summed E-state index contributed by atoms with van der Waals surface area (Å²) in [5, 5.41) is 16.4. The van der Waals surface area contributed by atoms with E-state index < -0.39 is 17.9 Å². The highest BCUT2D eigenvalue weighted by molar-refractivity contribution is 6.30. The average molecular weight is 378 g/mol. The van der Waals surface area contributed by atoms with Crippen molar-refractivity contribution in [1.29, 1.82) is 0 Å². The lowest BCUT2D eigenvalue weighted by Gasteiger charge is -2.16. The zero-order valence-corrected chi connectivity index (χ0v) is 14.9. The summed E-state index contributed by atoms with van der Waals surface area (Å²) < 4.78 is 5.40. The quantitative estimate of drug-likeness (QED) is 0.637. The van der Waals surface area contributed by atoms with E-state index in [0.717, 1.165) is 11.1 Å². The Labute approximate surface area is 155 Å². The Bertz CT molecular complexity index is 834. The summed E-state index contributed by atoms with van der Waals surface area (Å²) >= 11 is 6.02. The second-order valence-corrected chi connectivity index (χ2v) is 6.73. The number of halogens is 1. The van der Waals surface area contributed by atoms with Crippen LogP contribution in [0.25, 0.3) is 11.3 Å². The van der Waals surface area contributed by atoms with Gasteiger partial charge >= 0.3 is 5.97 Å². The van der Waals surface area contributed by atoms with E-state index in [-0.39, 0.29) is 5.69 Å². The van der Waals surface area contributed by atoms with Gasteiger partial charge in [0.05, 0.1) is 0 Å². The molecule has 0 aliphatic heterocycles. The van der Waals surface area contributed by atoms with Crippen molar-refractivity contribution in [2.75, 3.05) is 6.54 Å². The molecule has 1 aromatic carbocycles. The number of unbranched alkanes of at least 4 members (excludes halogenated alkanes) is 1. The van der Waals surface area contributed by atoms with Crippen molar-refractivity contribution in [2.45, 2.75) is 38.1 Å². The summed E-state index contributed by atoms with van der Waals surface area (Å²) in [5.41, 5.74) is 8.17. The second-order valence-electron chi connectivity index (χ2n) is 6.29. The Morgan fingerprint density at radius 1 is 1.35 bits per heavy atom. The summed E-state index contributed by atoms with van der Waals surface area (Å²) in [6.45, 7) is 0.487. The molecule has 1 heterocycles. The van der Waals surface area contributed by atoms with Gasteiger partial charge in [0.15, 0.2) is 11.5 Å². The predicted molar refractivity (Wildman–Crippen MR) is 96.2 cm³/mol. The molecule has 1 aliphatic rings. The van der Waals surface area contributed by atoms with Crippen molar-refractivity contribution in [1.82, 2.24) is 10.5 Å². The molecular weight excluding hydrogens is 358 g/mol. The number of fused-ring (bicyclic) bond motifs is 3. The molecule has 3 rings (SSSR count). The number of carboxylic acid groups (broad SMARTS) is 1. The second kappa shape index (κ2) is 7.88. The monoisotopic (exact) mass is 377 g/mol. The number of aryl methyl sites for hydroxylation is 1. The molecule has 0 radical (unpaired) electrons. The van der Waals surface area contributed by atoms with E-state index in [4.69, 9.17) is 21.9 Å². The number of hydrogen-bond donors (Lipinski definition) is 3. The zero-order valence-electron chi connectivity index (χ0n) is 14.1. The maximum Gasteiger partial charge on any atom is 0.326 e. The number of aliphatic carboxylic acids is 1. The highest BCUT2D eigenvalue weighted by Gasteiger charge is 2.29. The molecule has 2 aromatic rings. The van der Waals surface area contributed by atoms with Crippen molar-refractivity contribution < 1.29 is 19.2 Å². The third-order valence-electron chi connectivity index (χ3n) is 4.51. The summed E-state index contributed by atoms with van der Waals surface area (Å²) in [4.78, 5) is 23.9. The topological polar surface area (TPSA) is 118 Å². The number of nitrogens with zero attached hydrogens (tertiary/aromatic N) is 1. The Balaban J connectivity index is 1.79. The number of carboxylic acids is 1. The lowest BCUT2D eigenvalue weighted by molar-refractivity contribution is -0.139. The highest BCUT2D eigenvalue weighted by Crippen LogP contribution is 2.36. The predicted octanol–water partition coefficient (Wildman–Crippen LogP) is 2.41. The van der Waals surface area contributed by atoms with E-state index in [1.54, 1.807) is 6.07 Å². The van der Waals surface area contributed by atoms with Gasteiger partial charge in [0.2, 0.25) is 0 Å². The molecule has 26 heavy (non-hydrogen) atoms. The van der Waals surface area contributed by atoms with Gasteiger partial charge in [-0.1, -0.05) is 16.8 Å². The van der Waals surface area contributed by atoms with Crippen LogP contribution in [-0.4, -0.2) is 34.7 Å². The van der Waals surface area contributed by atoms with Crippen LogP contribution in [0.15, 0.2) is 22.7 Å². The number of amides is 1. The number of rotatable bonds is 7. The molecular formula is C18H20ClN3O4. The van der Waals surface area contributed by atoms with Crippen molar-refractivity contribution in [3.8, 4) is 11.3 Å². The molecule has 0 spiro atoms. The maximum atomic E-state index is 12.5. The summed E-state index contributed by atoms with van der Waals surface area (Å²) in [6.07, 6.45) is 2.94. The Kier molecular flexibility index (Phi) is 5.58.